The number of halogens is 1. The molecule has 0 unspecified atom stereocenters. The van der Waals surface area contributed by atoms with E-state index in [1.165, 1.54) is 29.2 Å². The molecule has 0 aliphatic carbocycles. The summed E-state index contributed by atoms with van der Waals surface area (Å²) in [6.45, 7) is 0. The minimum atomic E-state index is -0.997. The maximum atomic E-state index is 12.3. The monoisotopic (exact) mass is 368 g/mol. The average Bonchev–Trinajstić information content (AvgIpc) is 2.66. The van der Waals surface area contributed by atoms with Crippen LogP contribution < -0.4 is 11.0 Å². The summed E-state index contributed by atoms with van der Waals surface area (Å²) < 4.78 is 1.20. The van der Waals surface area contributed by atoms with E-state index in [1.807, 2.05) is 6.07 Å². The van der Waals surface area contributed by atoms with E-state index in [0.717, 1.165) is 0 Å². The van der Waals surface area contributed by atoms with Gasteiger partial charge in [0.2, 0.25) is 0 Å². The van der Waals surface area contributed by atoms with E-state index in [9.17, 15) is 9.59 Å². The van der Waals surface area contributed by atoms with Crippen LogP contribution in [-0.4, -0.2) is 27.1 Å². The Labute approximate surface area is 153 Å². The lowest BCUT2D eigenvalue weighted by Gasteiger charge is -2.07. The van der Waals surface area contributed by atoms with Crippen LogP contribution in [0.5, 0.6) is 0 Å². The molecule has 130 valence electrons. The number of nitrogens with zero attached hydrogens (tertiary/aromatic N) is 3. The van der Waals surface area contributed by atoms with Crippen LogP contribution in [0.3, 0.4) is 0 Å². The lowest BCUT2D eigenvalue weighted by atomic mass is 10.1. The van der Waals surface area contributed by atoms with E-state index >= 15 is 0 Å². The van der Waals surface area contributed by atoms with Gasteiger partial charge in [0.25, 0.3) is 5.56 Å². The maximum Gasteiger partial charge on any atom is 0.335 e. The summed E-state index contributed by atoms with van der Waals surface area (Å²) in [5.74, 6) is -0.997. The van der Waals surface area contributed by atoms with E-state index < -0.39 is 11.5 Å². The lowest BCUT2D eigenvalue weighted by Crippen LogP contribution is -2.22. The molecule has 0 spiro atoms. The molecule has 8 heteroatoms. The van der Waals surface area contributed by atoms with Crippen molar-refractivity contribution in [3.8, 4) is 5.69 Å². The Balaban J connectivity index is 1.77. The minimum Gasteiger partial charge on any atom is -0.478 e. The minimum absolute atomic E-state index is 0.0396. The maximum absolute atomic E-state index is 12.3. The van der Waals surface area contributed by atoms with Crippen LogP contribution in [-0.2, 0) is 0 Å². The van der Waals surface area contributed by atoms with Gasteiger partial charge in [-0.3, -0.25) is 10.2 Å². The van der Waals surface area contributed by atoms with Gasteiger partial charge < -0.3 is 5.11 Å². The number of carbonyl (C=O) groups is 1. The van der Waals surface area contributed by atoms with Gasteiger partial charge in [-0.2, -0.15) is 14.9 Å². The fourth-order valence-corrected chi connectivity index (χ4v) is 2.32. The molecule has 3 rings (SSSR count). The molecule has 7 nitrogen and oxygen atoms in total. The number of hydrogen-bond donors (Lipinski definition) is 2. The highest BCUT2D eigenvalue weighted by Gasteiger charge is 2.10. The van der Waals surface area contributed by atoms with E-state index in [1.54, 1.807) is 36.4 Å². The van der Waals surface area contributed by atoms with Gasteiger partial charge in [-0.25, -0.2) is 4.79 Å². The van der Waals surface area contributed by atoms with Crippen LogP contribution in [0.25, 0.3) is 5.69 Å². The molecule has 0 aliphatic rings. The molecule has 2 N–H and O–H groups in total. The molecule has 0 radical (unpaired) electrons. The second-order valence-corrected chi connectivity index (χ2v) is 5.60. The predicted octanol–water partition coefficient (Wildman–Crippen LogP) is 3.03. The number of hydrazone groups is 1. The molecular formula is C18H13ClN4O3. The SMILES string of the molecule is O=C(O)c1ccc(/C=N\Nc2cnn(-c3ccccc3)c(=O)c2Cl)cc1. The van der Waals surface area contributed by atoms with Gasteiger partial charge >= 0.3 is 5.97 Å². The van der Waals surface area contributed by atoms with Crippen LogP contribution in [0, 0.1) is 0 Å². The molecule has 0 saturated carbocycles. The van der Waals surface area contributed by atoms with Gasteiger partial charge in [-0.1, -0.05) is 41.9 Å². The molecule has 0 aliphatic heterocycles. The summed E-state index contributed by atoms with van der Waals surface area (Å²) in [6.07, 6.45) is 2.88. The van der Waals surface area contributed by atoms with Gasteiger partial charge in [0.05, 0.1) is 23.7 Å². The summed E-state index contributed by atoms with van der Waals surface area (Å²) in [7, 11) is 0. The molecule has 3 aromatic rings. The van der Waals surface area contributed by atoms with E-state index in [-0.39, 0.29) is 16.3 Å². The van der Waals surface area contributed by atoms with Crippen molar-refractivity contribution in [2.75, 3.05) is 5.43 Å². The summed E-state index contributed by atoms with van der Waals surface area (Å²) in [6, 6.07) is 15.1. The highest BCUT2D eigenvalue weighted by atomic mass is 35.5. The quantitative estimate of drug-likeness (QED) is 0.533. The first-order chi connectivity index (χ1) is 12.6. The van der Waals surface area contributed by atoms with E-state index in [4.69, 9.17) is 16.7 Å². The topological polar surface area (TPSA) is 96.6 Å². The smallest absolute Gasteiger partial charge is 0.335 e. The number of aromatic nitrogens is 2. The van der Waals surface area contributed by atoms with Crippen LogP contribution in [0.4, 0.5) is 5.69 Å². The first kappa shape index (κ1) is 17.4. The molecule has 2 aromatic carbocycles. The molecule has 0 atom stereocenters. The van der Waals surface area contributed by atoms with Crippen LogP contribution in [0.1, 0.15) is 15.9 Å². The van der Waals surface area contributed by atoms with Crippen LogP contribution in [0.2, 0.25) is 5.02 Å². The summed E-state index contributed by atoms with van der Waals surface area (Å²) in [5.41, 5.74) is 3.94. The fraction of sp³-hybridized carbons (Fsp3) is 0. The second-order valence-electron chi connectivity index (χ2n) is 5.22. The van der Waals surface area contributed by atoms with Crippen molar-refractivity contribution < 1.29 is 9.90 Å². The Morgan fingerprint density at radius 3 is 2.50 bits per heavy atom. The third kappa shape index (κ3) is 3.79. The molecule has 0 fully saturated rings. The van der Waals surface area contributed by atoms with Gasteiger partial charge in [0.15, 0.2) is 0 Å². The number of aromatic carboxylic acids is 1. The zero-order valence-corrected chi connectivity index (χ0v) is 14.1. The first-order valence-electron chi connectivity index (χ1n) is 7.52. The Hall–Kier alpha value is -3.45. The number of para-hydroxylation sites is 1. The van der Waals surface area contributed by atoms with Gasteiger partial charge in [0, 0.05) is 0 Å². The zero-order chi connectivity index (χ0) is 18.5. The first-order valence-corrected chi connectivity index (χ1v) is 7.90. The van der Waals surface area contributed by atoms with Crippen molar-refractivity contribution in [2.24, 2.45) is 5.10 Å². The molecule has 0 amide bonds. The van der Waals surface area contributed by atoms with E-state index in [0.29, 0.717) is 11.3 Å². The van der Waals surface area contributed by atoms with Gasteiger partial charge in [0.1, 0.15) is 10.7 Å². The van der Waals surface area contributed by atoms with Crippen molar-refractivity contribution >= 4 is 29.5 Å². The third-order valence-corrected chi connectivity index (χ3v) is 3.84. The van der Waals surface area contributed by atoms with Crippen LogP contribution in [0.15, 0.2) is 70.7 Å². The highest BCUT2D eigenvalue weighted by molar-refractivity contribution is 6.32. The number of nitrogens with one attached hydrogen (secondary N) is 1. The number of carboxylic acids is 1. The number of anilines is 1. The molecule has 0 bridgehead atoms. The van der Waals surface area contributed by atoms with Gasteiger partial charge in [-0.15, -0.1) is 0 Å². The summed E-state index contributed by atoms with van der Waals surface area (Å²) >= 11 is 6.11. The highest BCUT2D eigenvalue weighted by Crippen LogP contribution is 2.16. The van der Waals surface area contributed by atoms with Crippen LogP contribution >= 0.6 is 11.6 Å². The largest absolute Gasteiger partial charge is 0.478 e. The number of benzene rings is 2. The fourth-order valence-electron chi connectivity index (χ4n) is 2.15. The van der Waals surface area contributed by atoms with Crippen molar-refractivity contribution in [3.63, 3.8) is 0 Å². The van der Waals surface area contributed by atoms with E-state index in [2.05, 4.69) is 15.6 Å². The predicted molar refractivity (Wildman–Crippen MR) is 99.5 cm³/mol. The molecule has 26 heavy (non-hydrogen) atoms. The zero-order valence-electron chi connectivity index (χ0n) is 13.3. The number of hydrogen-bond acceptors (Lipinski definition) is 5. The number of carboxylic acid groups (broad SMARTS) is 1. The second kappa shape index (κ2) is 7.62. The Morgan fingerprint density at radius 2 is 1.85 bits per heavy atom. The van der Waals surface area contributed by atoms with Crippen molar-refractivity contribution in [1.29, 1.82) is 0 Å². The lowest BCUT2D eigenvalue weighted by molar-refractivity contribution is 0.0697. The molecular weight excluding hydrogens is 356 g/mol. The molecule has 0 saturated heterocycles. The van der Waals surface area contributed by atoms with Crippen molar-refractivity contribution in [2.45, 2.75) is 0 Å². The number of rotatable bonds is 5. The Kier molecular flexibility index (Phi) is 5.09. The molecule has 1 aromatic heterocycles. The van der Waals surface area contributed by atoms with Crippen molar-refractivity contribution in [3.05, 3.63) is 87.3 Å². The third-order valence-electron chi connectivity index (χ3n) is 3.48. The Bertz CT molecular complexity index is 1010. The summed E-state index contributed by atoms with van der Waals surface area (Å²) in [4.78, 5) is 23.2. The van der Waals surface area contributed by atoms with Crippen molar-refractivity contribution in [1.82, 2.24) is 9.78 Å². The summed E-state index contributed by atoms with van der Waals surface area (Å²) in [5, 5.41) is 16.9. The normalized spacial score (nSPS) is 10.8. The molecule has 1 heterocycles. The Morgan fingerprint density at radius 1 is 1.15 bits per heavy atom. The average molecular weight is 369 g/mol. The standard InChI is InChI=1S/C18H13ClN4O3/c19-16-15(11-21-23(17(16)24)14-4-2-1-3-5-14)22-20-10-12-6-8-13(9-7-12)18(25)26/h1-11,22H,(H,25,26)/b20-10-. The van der Waals surface area contributed by atoms with Gasteiger partial charge in [-0.05, 0) is 29.8 Å².